The van der Waals surface area contributed by atoms with Gasteiger partial charge in [0.25, 0.3) is 0 Å². The predicted molar refractivity (Wildman–Crippen MR) is 69.4 cm³/mol. The summed E-state index contributed by atoms with van der Waals surface area (Å²) in [5.74, 6) is 1.39. The Kier molecular flexibility index (Phi) is 3.89. The van der Waals surface area contributed by atoms with Crippen molar-refractivity contribution in [2.75, 3.05) is 18.9 Å². The molecular formula is C14H21NO2. The maximum atomic E-state index is 6.11. The molecular weight excluding hydrogens is 214 g/mol. The van der Waals surface area contributed by atoms with Crippen molar-refractivity contribution >= 4 is 5.69 Å². The lowest BCUT2D eigenvalue weighted by Crippen LogP contribution is -2.15. The lowest BCUT2D eigenvalue weighted by molar-refractivity contribution is 0.0854. The van der Waals surface area contributed by atoms with Gasteiger partial charge < -0.3 is 15.2 Å². The van der Waals surface area contributed by atoms with Gasteiger partial charge in [-0.05, 0) is 44.2 Å². The third kappa shape index (κ3) is 3.13. The zero-order valence-corrected chi connectivity index (χ0v) is 10.6. The van der Waals surface area contributed by atoms with Gasteiger partial charge in [0, 0.05) is 25.0 Å². The Morgan fingerprint density at radius 2 is 2.00 bits per heavy atom. The van der Waals surface area contributed by atoms with Crippen LogP contribution in [-0.4, -0.2) is 19.3 Å². The molecule has 0 amide bonds. The molecule has 0 saturated carbocycles. The van der Waals surface area contributed by atoms with E-state index in [1.54, 1.807) is 0 Å². The van der Waals surface area contributed by atoms with E-state index in [9.17, 15) is 0 Å². The highest BCUT2D eigenvalue weighted by Gasteiger charge is 2.18. The van der Waals surface area contributed by atoms with Crippen molar-refractivity contribution in [3.05, 3.63) is 23.8 Å². The topological polar surface area (TPSA) is 44.5 Å². The number of hydrogen-bond donors (Lipinski definition) is 1. The Morgan fingerprint density at radius 3 is 2.59 bits per heavy atom. The standard InChI is InChI=1S/C14H21NO2/c1-10(2)17-12-3-4-13(14(15)9-12)11-5-7-16-8-6-11/h3-4,9-11H,5-8,15H2,1-2H3. The molecule has 1 fully saturated rings. The van der Waals surface area contributed by atoms with E-state index < -0.39 is 0 Å². The van der Waals surface area contributed by atoms with Gasteiger partial charge in [0.05, 0.1) is 6.10 Å². The summed E-state index contributed by atoms with van der Waals surface area (Å²) in [7, 11) is 0. The lowest BCUT2D eigenvalue weighted by Gasteiger charge is -2.24. The van der Waals surface area contributed by atoms with Crippen LogP contribution >= 0.6 is 0 Å². The second kappa shape index (κ2) is 5.41. The Balaban J connectivity index is 2.13. The zero-order chi connectivity index (χ0) is 12.3. The van der Waals surface area contributed by atoms with Crippen LogP contribution in [0.5, 0.6) is 5.75 Å². The maximum Gasteiger partial charge on any atom is 0.121 e. The first-order valence-corrected chi connectivity index (χ1v) is 6.30. The maximum absolute atomic E-state index is 6.11. The molecule has 17 heavy (non-hydrogen) atoms. The predicted octanol–water partition coefficient (Wildman–Crippen LogP) is 2.95. The Bertz CT molecular complexity index is 370. The number of benzene rings is 1. The quantitative estimate of drug-likeness (QED) is 0.819. The average Bonchev–Trinajstić information content (AvgIpc) is 2.29. The fourth-order valence-electron chi connectivity index (χ4n) is 2.28. The van der Waals surface area contributed by atoms with Crippen molar-refractivity contribution in [2.24, 2.45) is 0 Å². The molecule has 3 heteroatoms. The monoisotopic (exact) mass is 235 g/mol. The summed E-state index contributed by atoms with van der Waals surface area (Å²) in [6.45, 7) is 5.72. The number of rotatable bonds is 3. The van der Waals surface area contributed by atoms with Crippen LogP contribution in [0.15, 0.2) is 18.2 Å². The van der Waals surface area contributed by atoms with Crippen molar-refractivity contribution < 1.29 is 9.47 Å². The minimum Gasteiger partial charge on any atom is -0.491 e. The van der Waals surface area contributed by atoms with Crippen LogP contribution in [0.25, 0.3) is 0 Å². The van der Waals surface area contributed by atoms with Gasteiger partial charge >= 0.3 is 0 Å². The van der Waals surface area contributed by atoms with Crippen LogP contribution in [0.4, 0.5) is 5.69 Å². The van der Waals surface area contributed by atoms with E-state index in [1.807, 2.05) is 26.0 Å². The SMILES string of the molecule is CC(C)Oc1ccc(C2CCOCC2)c(N)c1. The molecule has 0 bridgehead atoms. The second-order valence-electron chi connectivity index (χ2n) is 4.84. The van der Waals surface area contributed by atoms with Crippen LogP contribution in [-0.2, 0) is 4.74 Å². The van der Waals surface area contributed by atoms with E-state index in [4.69, 9.17) is 15.2 Å². The molecule has 1 aromatic rings. The molecule has 1 aliphatic heterocycles. The Morgan fingerprint density at radius 1 is 1.29 bits per heavy atom. The van der Waals surface area contributed by atoms with E-state index in [-0.39, 0.29) is 6.10 Å². The Hall–Kier alpha value is -1.22. The average molecular weight is 235 g/mol. The second-order valence-corrected chi connectivity index (χ2v) is 4.84. The molecule has 0 atom stereocenters. The van der Waals surface area contributed by atoms with Crippen LogP contribution in [0.2, 0.25) is 0 Å². The first kappa shape index (κ1) is 12.2. The zero-order valence-electron chi connectivity index (χ0n) is 10.6. The summed E-state index contributed by atoms with van der Waals surface area (Å²) in [5, 5.41) is 0. The minimum absolute atomic E-state index is 0.184. The largest absolute Gasteiger partial charge is 0.491 e. The third-order valence-electron chi connectivity index (χ3n) is 3.09. The van der Waals surface area contributed by atoms with E-state index in [0.717, 1.165) is 37.5 Å². The van der Waals surface area contributed by atoms with Crippen LogP contribution in [0.3, 0.4) is 0 Å². The van der Waals surface area contributed by atoms with E-state index in [0.29, 0.717) is 5.92 Å². The molecule has 0 aliphatic carbocycles. The van der Waals surface area contributed by atoms with Gasteiger partial charge in [-0.25, -0.2) is 0 Å². The normalized spacial score (nSPS) is 17.4. The van der Waals surface area contributed by atoms with E-state index >= 15 is 0 Å². The van der Waals surface area contributed by atoms with Gasteiger partial charge in [0.1, 0.15) is 5.75 Å². The van der Waals surface area contributed by atoms with Crippen LogP contribution < -0.4 is 10.5 Å². The van der Waals surface area contributed by atoms with Crippen molar-refractivity contribution in [3.8, 4) is 5.75 Å². The smallest absolute Gasteiger partial charge is 0.121 e. The van der Waals surface area contributed by atoms with Gasteiger partial charge in [0.2, 0.25) is 0 Å². The van der Waals surface area contributed by atoms with E-state index in [1.165, 1.54) is 5.56 Å². The number of nitrogen functional groups attached to an aromatic ring is 1. The molecule has 0 unspecified atom stereocenters. The number of hydrogen-bond acceptors (Lipinski definition) is 3. The van der Waals surface area contributed by atoms with Gasteiger partial charge in [-0.1, -0.05) is 6.07 Å². The number of nitrogens with two attached hydrogens (primary N) is 1. The first-order valence-electron chi connectivity index (χ1n) is 6.30. The molecule has 3 nitrogen and oxygen atoms in total. The van der Waals surface area contributed by atoms with Gasteiger partial charge in [-0.2, -0.15) is 0 Å². The fraction of sp³-hybridized carbons (Fsp3) is 0.571. The molecule has 1 heterocycles. The molecule has 0 spiro atoms. The molecule has 2 N–H and O–H groups in total. The first-order chi connectivity index (χ1) is 8.16. The van der Waals surface area contributed by atoms with Crippen molar-refractivity contribution in [1.29, 1.82) is 0 Å². The summed E-state index contributed by atoms with van der Waals surface area (Å²) >= 11 is 0. The summed E-state index contributed by atoms with van der Waals surface area (Å²) in [4.78, 5) is 0. The molecule has 1 saturated heterocycles. The summed E-state index contributed by atoms with van der Waals surface area (Å²) < 4.78 is 11.0. The fourth-order valence-corrected chi connectivity index (χ4v) is 2.28. The molecule has 1 aromatic carbocycles. The lowest BCUT2D eigenvalue weighted by atomic mass is 9.90. The number of ether oxygens (including phenoxy) is 2. The van der Waals surface area contributed by atoms with Crippen LogP contribution in [0, 0.1) is 0 Å². The van der Waals surface area contributed by atoms with Gasteiger partial charge in [-0.3, -0.25) is 0 Å². The third-order valence-corrected chi connectivity index (χ3v) is 3.09. The van der Waals surface area contributed by atoms with Crippen molar-refractivity contribution in [1.82, 2.24) is 0 Å². The van der Waals surface area contributed by atoms with Gasteiger partial charge in [-0.15, -0.1) is 0 Å². The van der Waals surface area contributed by atoms with E-state index in [2.05, 4.69) is 6.07 Å². The summed E-state index contributed by atoms with van der Waals surface area (Å²) in [6.07, 6.45) is 2.31. The minimum atomic E-state index is 0.184. The van der Waals surface area contributed by atoms with Crippen LogP contribution in [0.1, 0.15) is 38.2 Å². The summed E-state index contributed by atoms with van der Waals surface area (Å²) in [5.41, 5.74) is 8.19. The van der Waals surface area contributed by atoms with Gasteiger partial charge in [0.15, 0.2) is 0 Å². The van der Waals surface area contributed by atoms with Crippen molar-refractivity contribution in [3.63, 3.8) is 0 Å². The molecule has 0 radical (unpaired) electrons. The number of anilines is 1. The van der Waals surface area contributed by atoms with Crippen molar-refractivity contribution in [2.45, 2.75) is 38.7 Å². The highest BCUT2D eigenvalue weighted by molar-refractivity contribution is 5.53. The highest BCUT2D eigenvalue weighted by Crippen LogP contribution is 2.33. The summed E-state index contributed by atoms with van der Waals surface area (Å²) in [6, 6.07) is 6.05. The molecule has 0 aromatic heterocycles. The Labute approximate surface area is 103 Å². The molecule has 1 aliphatic rings. The molecule has 94 valence electrons. The highest BCUT2D eigenvalue weighted by atomic mass is 16.5. The molecule has 2 rings (SSSR count).